The molecule has 0 fully saturated rings. The summed E-state index contributed by atoms with van der Waals surface area (Å²) in [6.07, 6.45) is 0. The lowest BCUT2D eigenvalue weighted by molar-refractivity contribution is 0.0716. The molecule has 3 aromatic rings. The molecule has 0 heterocycles. The zero-order valence-corrected chi connectivity index (χ0v) is 19.2. The van der Waals surface area contributed by atoms with Gasteiger partial charge in [0, 0.05) is 11.4 Å². The van der Waals surface area contributed by atoms with Gasteiger partial charge in [0.15, 0.2) is 0 Å². The zero-order valence-electron chi connectivity index (χ0n) is 18.5. The molecule has 3 rings (SSSR count). The third kappa shape index (κ3) is 5.68. The predicted octanol–water partition coefficient (Wildman–Crippen LogP) is 6.17. The lowest BCUT2D eigenvalue weighted by Crippen LogP contribution is -2.17. The molecular weight excluding hydrogens is 428 g/mol. The number of rotatable bonds is 6. The van der Waals surface area contributed by atoms with E-state index < -0.39 is 11.9 Å². The minimum atomic E-state index is -0.484. The number of carbonyl (C=O) groups excluding carboxylic acids is 2. The average molecular weight is 453 g/mol. The van der Waals surface area contributed by atoms with Crippen molar-refractivity contribution in [3.63, 3.8) is 0 Å². The van der Waals surface area contributed by atoms with Crippen molar-refractivity contribution in [2.75, 3.05) is 7.11 Å². The summed E-state index contributed by atoms with van der Waals surface area (Å²) in [5.74, 6) is 0.841. The molecule has 0 saturated carbocycles. The third-order valence-electron chi connectivity index (χ3n) is 4.84. The van der Waals surface area contributed by atoms with E-state index in [4.69, 9.17) is 25.8 Å². The summed E-state index contributed by atoms with van der Waals surface area (Å²) < 4.78 is 16.3. The van der Waals surface area contributed by atoms with Crippen LogP contribution in [0.5, 0.6) is 17.2 Å². The van der Waals surface area contributed by atoms with E-state index in [1.165, 1.54) is 0 Å². The second-order valence-corrected chi connectivity index (χ2v) is 8.51. The zero-order chi connectivity index (χ0) is 23.3. The number of esters is 2. The van der Waals surface area contributed by atoms with E-state index in [9.17, 15) is 9.59 Å². The molecular formula is C26H25ClO5. The Hall–Kier alpha value is -3.31. The first-order valence-corrected chi connectivity index (χ1v) is 10.6. The molecule has 0 radical (unpaired) electrons. The Morgan fingerprint density at radius 2 is 1.31 bits per heavy atom. The molecule has 0 aromatic heterocycles. The van der Waals surface area contributed by atoms with Gasteiger partial charge in [-0.3, -0.25) is 0 Å². The highest BCUT2D eigenvalue weighted by atomic mass is 35.5. The van der Waals surface area contributed by atoms with Crippen molar-refractivity contribution in [3.05, 3.63) is 89.0 Å². The fourth-order valence-corrected chi connectivity index (χ4v) is 3.21. The van der Waals surface area contributed by atoms with Crippen LogP contribution in [0.2, 0.25) is 0 Å². The Morgan fingerprint density at radius 3 is 1.84 bits per heavy atom. The highest BCUT2D eigenvalue weighted by Crippen LogP contribution is 2.35. The summed E-state index contributed by atoms with van der Waals surface area (Å²) in [7, 11) is 1.56. The smallest absolute Gasteiger partial charge is 0.343 e. The van der Waals surface area contributed by atoms with Crippen LogP contribution in [0.15, 0.2) is 66.7 Å². The standard InChI is InChI=1S/C26H25ClO5/c1-26(2,3)22-15-21(31-24(28)18-7-5-17(16-27)6-8-18)13-14-23(22)32-25(29)19-9-11-20(30-4)12-10-19/h5-15H,16H2,1-4H3. The van der Waals surface area contributed by atoms with Crippen LogP contribution < -0.4 is 14.2 Å². The molecule has 0 saturated heterocycles. The molecule has 0 atom stereocenters. The Bertz CT molecular complexity index is 1100. The van der Waals surface area contributed by atoms with E-state index in [0.29, 0.717) is 34.3 Å². The Kier molecular flexibility index (Phi) is 7.21. The third-order valence-corrected chi connectivity index (χ3v) is 5.15. The highest BCUT2D eigenvalue weighted by Gasteiger charge is 2.23. The van der Waals surface area contributed by atoms with Crippen molar-refractivity contribution >= 4 is 23.5 Å². The first-order valence-electron chi connectivity index (χ1n) is 10.1. The van der Waals surface area contributed by atoms with Gasteiger partial charge in [-0.05, 0) is 65.6 Å². The normalized spacial score (nSPS) is 11.0. The number of hydrogen-bond donors (Lipinski definition) is 0. The molecule has 6 heteroatoms. The quantitative estimate of drug-likeness (QED) is 0.254. The monoisotopic (exact) mass is 452 g/mol. The molecule has 0 amide bonds. The second-order valence-electron chi connectivity index (χ2n) is 8.25. The van der Waals surface area contributed by atoms with Gasteiger partial charge in [-0.15, -0.1) is 11.6 Å². The minimum Gasteiger partial charge on any atom is -0.497 e. The lowest BCUT2D eigenvalue weighted by Gasteiger charge is -2.23. The van der Waals surface area contributed by atoms with Crippen molar-refractivity contribution in [1.82, 2.24) is 0 Å². The molecule has 0 spiro atoms. The van der Waals surface area contributed by atoms with Crippen molar-refractivity contribution in [3.8, 4) is 17.2 Å². The molecule has 32 heavy (non-hydrogen) atoms. The maximum Gasteiger partial charge on any atom is 0.343 e. The van der Waals surface area contributed by atoms with Crippen molar-refractivity contribution in [1.29, 1.82) is 0 Å². The van der Waals surface area contributed by atoms with E-state index in [2.05, 4.69) is 0 Å². The summed E-state index contributed by atoms with van der Waals surface area (Å²) in [5, 5.41) is 0. The largest absolute Gasteiger partial charge is 0.497 e. The van der Waals surface area contributed by atoms with Gasteiger partial charge in [-0.1, -0.05) is 32.9 Å². The number of halogens is 1. The summed E-state index contributed by atoms with van der Waals surface area (Å²) >= 11 is 5.79. The van der Waals surface area contributed by atoms with Crippen LogP contribution in [0, 0.1) is 0 Å². The average Bonchev–Trinajstić information content (AvgIpc) is 2.79. The van der Waals surface area contributed by atoms with Crippen LogP contribution in [-0.4, -0.2) is 19.0 Å². The van der Waals surface area contributed by atoms with Crippen LogP contribution in [0.25, 0.3) is 0 Å². The van der Waals surface area contributed by atoms with Crippen molar-refractivity contribution < 1.29 is 23.8 Å². The summed E-state index contributed by atoms with van der Waals surface area (Å²) in [5.41, 5.74) is 2.12. The van der Waals surface area contributed by atoms with Crippen LogP contribution in [0.1, 0.15) is 52.6 Å². The Morgan fingerprint density at radius 1 is 0.781 bits per heavy atom. The van der Waals surface area contributed by atoms with Gasteiger partial charge in [0.05, 0.1) is 18.2 Å². The molecule has 5 nitrogen and oxygen atoms in total. The van der Waals surface area contributed by atoms with Gasteiger partial charge < -0.3 is 14.2 Å². The highest BCUT2D eigenvalue weighted by molar-refractivity contribution is 6.17. The van der Waals surface area contributed by atoms with Crippen molar-refractivity contribution in [2.45, 2.75) is 32.1 Å². The number of alkyl halides is 1. The van der Waals surface area contributed by atoms with E-state index in [0.717, 1.165) is 11.1 Å². The summed E-state index contributed by atoms with van der Waals surface area (Å²) in [6, 6.07) is 18.6. The number of methoxy groups -OCH3 is 1. The van der Waals surface area contributed by atoms with E-state index >= 15 is 0 Å². The first kappa shape index (κ1) is 23.4. The van der Waals surface area contributed by atoms with Gasteiger partial charge >= 0.3 is 11.9 Å². The van der Waals surface area contributed by atoms with Gasteiger partial charge in [0.1, 0.15) is 17.2 Å². The lowest BCUT2D eigenvalue weighted by atomic mass is 9.86. The minimum absolute atomic E-state index is 0.361. The summed E-state index contributed by atoms with van der Waals surface area (Å²) in [6.45, 7) is 5.97. The fraction of sp³-hybridized carbons (Fsp3) is 0.231. The topological polar surface area (TPSA) is 61.8 Å². The molecule has 0 aliphatic rings. The van der Waals surface area contributed by atoms with Crippen LogP contribution in [0.4, 0.5) is 0 Å². The van der Waals surface area contributed by atoms with Gasteiger partial charge in [-0.25, -0.2) is 9.59 Å². The van der Waals surface area contributed by atoms with Crippen LogP contribution >= 0.6 is 11.6 Å². The molecule has 3 aromatic carbocycles. The predicted molar refractivity (Wildman–Crippen MR) is 124 cm³/mol. The maximum atomic E-state index is 12.6. The van der Waals surface area contributed by atoms with E-state index in [-0.39, 0.29) is 5.41 Å². The number of ether oxygens (including phenoxy) is 3. The summed E-state index contributed by atoms with van der Waals surface area (Å²) in [4.78, 5) is 25.2. The molecule has 0 aliphatic heterocycles. The maximum absolute atomic E-state index is 12.6. The second kappa shape index (κ2) is 9.88. The SMILES string of the molecule is COc1ccc(C(=O)Oc2ccc(OC(=O)c3ccc(CCl)cc3)cc2C(C)(C)C)cc1. The molecule has 0 bridgehead atoms. The number of hydrogen-bond acceptors (Lipinski definition) is 5. The Labute approximate surface area is 192 Å². The van der Waals surface area contributed by atoms with Crippen LogP contribution in [-0.2, 0) is 11.3 Å². The van der Waals surface area contributed by atoms with E-state index in [1.807, 2.05) is 20.8 Å². The molecule has 166 valence electrons. The number of carbonyl (C=O) groups is 2. The fourth-order valence-electron chi connectivity index (χ4n) is 3.03. The molecule has 0 unspecified atom stereocenters. The van der Waals surface area contributed by atoms with Gasteiger partial charge in [0.25, 0.3) is 0 Å². The molecule has 0 aliphatic carbocycles. The van der Waals surface area contributed by atoms with Crippen molar-refractivity contribution in [2.24, 2.45) is 0 Å². The van der Waals surface area contributed by atoms with Gasteiger partial charge in [0.2, 0.25) is 0 Å². The van der Waals surface area contributed by atoms with Gasteiger partial charge in [-0.2, -0.15) is 0 Å². The first-order chi connectivity index (χ1) is 15.2. The number of benzene rings is 3. The van der Waals surface area contributed by atoms with E-state index in [1.54, 1.807) is 73.8 Å². The van der Waals surface area contributed by atoms with Crippen LogP contribution in [0.3, 0.4) is 0 Å². The molecule has 0 N–H and O–H groups in total. The Balaban J connectivity index is 1.82.